The van der Waals surface area contributed by atoms with Crippen molar-refractivity contribution in [3.8, 4) is 0 Å². The van der Waals surface area contributed by atoms with E-state index in [0.29, 0.717) is 25.7 Å². The second kappa shape index (κ2) is 9.50. The van der Waals surface area contributed by atoms with Gasteiger partial charge in [-0.05, 0) is 25.0 Å². The maximum absolute atomic E-state index is 12.7. The summed E-state index contributed by atoms with van der Waals surface area (Å²) in [7, 11) is 0. The summed E-state index contributed by atoms with van der Waals surface area (Å²) >= 11 is 0. The highest BCUT2D eigenvalue weighted by atomic mass is 19.4. The molecule has 1 aromatic rings. The summed E-state index contributed by atoms with van der Waals surface area (Å²) in [5.74, 6) is 0.0353. The van der Waals surface area contributed by atoms with Crippen molar-refractivity contribution in [3.05, 3.63) is 29.1 Å². The molecule has 0 aromatic carbocycles. The van der Waals surface area contributed by atoms with Gasteiger partial charge >= 0.3 is 6.18 Å². The molecule has 0 aliphatic carbocycles. The molecular formula is C19H28F3N3O2. The molecule has 1 aliphatic heterocycles. The average Bonchev–Trinajstić information content (AvgIpc) is 2.64. The first kappa shape index (κ1) is 21.6. The number of halogens is 3. The normalized spacial score (nSPS) is 17.1. The van der Waals surface area contributed by atoms with E-state index in [-0.39, 0.29) is 17.3 Å². The highest BCUT2D eigenvalue weighted by Gasteiger charge is 2.33. The maximum Gasteiger partial charge on any atom is 0.433 e. The molecule has 2 heterocycles. The fraction of sp³-hybridized carbons (Fsp3) is 0.684. The van der Waals surface area contributed by atoms with Crippen molar-refractivity contribution in [2.45, 2.75) is 45.8 Å². The molecule has 1 fully saturated rings. The number of carbonyl (C=O) groups is 1. The molecule has 1 unspecified atom stereocenters. The van der Waals surface area contributed by atoms with E-state index >= 15 is 0 Å². The number of hydrogen-bond acceptors (Lipinski definition) is 4. The highest BCUT2D eigenvalue weighted by Crippen LogP contribution is 2.28. The average molecular weight is 387 g/mol. The van der Waals surface area contributed by atoms with Crippen LogP contribution in [-0.2, 0) is 10.9 Å². The summed E-state index contributed by atoms with van der Waals surface area (Å²) in [5, 5.41) is 2.90. The van der Waals surface area contributed by atoms with Gasteiger partial charge in [0.05, 0.1) is 24.5 Å². The summed E-state index contributed by atoms with van der Waals surface area (Å²) in [5.41, 5.74) is -0.735. The smallest absolute Gasteiger partial charge is 0.379 e. The second-order valence-corrected chi connectivity index (χ2v) is 6.83. The third-order valence-corrected chi connectivity index (χ3v) is 5.20. The monoisotopic (exact) mass is 387 g/mol. The van der Waals surface area contributed by atoms with Crippen LogP contribution in [0.15, 0.2) is 12.1 Å². The minimum Gasteiger partial charge on any atom is -0.379 e. The van der Waals surface area contributed by atoms with Gasteiger partial charge in [0, 0.05) is 25.7 Å². The zero-order valence-electron chi connectivity index (χ0n) is 16.1. The third kappa shape index (κ3) is 5.65. The quantitative estimate of drug-likeness (QED) is 0.780. The topological polar surface area (TPSA) is 54.5 Å². The minimum absolute atomic E-state index is 0.0766. The van der Waals surface area contributed by atoms with Gasteiger partial charge in [-0.15, -0.1) is 0 Å². The van der Waals surface area contributed by atoms with Crippen LogP contribution in [0.2, 0.25) is 0 Å². The Balaban J connectivity index is 2.08. The molecule has 0 saturated carbocycles. The Hall–Kier alpha value is -1.67. The number of ether oxygens (including phenoxy) is 1. The van der Waals surface area contributed by atoms with Crippen LogP contribution in [0.1, 0.15) is 48.4 Å². The molecule has 0 radical (unpaired) electrons. The Morgan fingerprint density at radius 1 is 1.26 bits per heavy atom. The summed E-state index contributed by atoms with van der Waals surface area (Å²) in [6.07, 6.45) is -2.53. The SMILES string of the molecule is CCC(CC)C(CNC(=O)c1ccc(C(F)(F)F)nc1C)N1CCOCC1. The fourth-order valence-corrected chi connectivity index (χ4v) is 3.59. The zero-order valence-corrected chi connectivity index (χ0v) is 16.1. The van der Waals surface area contributed by atoms with Crippen LogP contribution in [0.5, 0.6) is 0 Å². The van der Waals surface area contributed by atoms with E-state index in [2.05, 4.69) is 29.0 Å². The molecule has 8 heteroatoms. The predicted octanol–water partition coefficient (Wildman–Crippen LogP) is 3.28. The number of carbonyl (C=O) groups excluding carboxylic acids is 1. The van der Waals surface area contributed by atoms with Crippen molar-refractivity contribution in [3.63, 3.8) is 0 Å². The standard InChI is InChI=1S/C19H28F3N3O2/c1-4-14(5-2)16(25-8-10-27-11-9-25)12-23-18(26)15-6-7-17(19(20,21)22)24-13(15)3/h6-7,14,16H,4-5,8-12H2,1-3H3,(H,23,26). The van der Waals surface area contributed by atoms with Gasteiger partial charge in [0.2, 0.25) is 0 Å². The van der Waals surface area contributed by atoms with Gasteiger partial charge in [0.1, 0.15) is 5.69 Å². The van der Waals surface area contributed by atoms with Crippen LogP contribution in [-0.4, -0.2) is 54.7 Å². The second-order valence-electron chi connectivity index (χ2n) is 6.83. The lowest BCUT2D eigenvalue weighted by molar-refractivity contribution is -0.141. The molecule has 0 bridgehead atoms. The summed E-state index contributed by atoms with van der Waals surface area (Å²) in [6.45, 7) is 9.12. The summed E-state index contributed by atoms with van der Waals surface area (Å²) < 4.78 is 43.7. The lowest BCUT2D eigenvalue weighted by Gasteiger charge is -2.38. The molecular weight excluding hydrogens is 359 g/mol. The van der Waals surface area contributed by atoms with Crippen molar-refractivity contribution < 1.29 is 22.7 Å². The number of nitrogens with one attached hydrogen (secondary N) is 1. The Labute approximate surface area is 158 Å². The van der Waals surface area contributed by atoms with Gasteiger partial charge in [0.25, 0.3) is 5.91 Å². The molecule has 27 heavy (non-hydrogen) atoms. The van der Waals surface area contributed by atoms with Gasteiger partial charge in [-0.3, -0.25) is 9.69 Å². The van der Waals surface area contributed by atoms with Crippen LogP contribution >= 0.6 is 0 Å². The molecule has 152 valence electrons. The van der Waals surface area contributed by atoms with Crippen molar-refractivity contribution in [1.29, 1.82) is 0 Å². The number of nitrogens with zero attached hydrogens (tertiary/aromatic N) is 2. The first-order chi connectivity index (χ1) is 12.8. The van der Waals surface area contributed by atoms with E-state index in [9.17, 15) is 18.0 Å². The molecule has 1 saturated heterocycles. The van der Waals surface area contributed by atoms with Gasteiger partial charge < -0.3 is 10.1 Å². The highest BCUT2D eigenvalue weighted by molar-refractivity contribution is 5.95. The number of aryl methyl sites for hydroxylation is 1. The Bertz CT molecular complexity index is 627. The van der Waals surface area contributed by atoms with Crippen LogP contribution < -0.4 is 5.32 Å². The van der Waals surface area contributed by atoms with E-state index in [0.717, 1.165) is 32.0 Å². The number of aromatic nitrogens is 1. The van der Waals surface area contributed by atoms with Gasteiger partial charge in [0.15, 0.2) is 0 Å². The first-order valence-corrected chi connectivity index (χ1v) is 9.42. The van der Waals surface area contributed by atoms with Crippen LogP contribution in [0.25, 0.3) is 0 Å². The van der Waals surface area contributed by atoms with Gasteiger partial charge in [-0.25, -0.2) is 4.98 Å². The fourth-order valence-electron chi connectivity index (χ4n) is 3.59. The molecule has 1 atom stereocenters. The number of amides is 1. The lowest BCUT2D eigenvalue weighted by Crippen LogP contribution is -2.52. The number of rotatable bonds is 7. The molecule has 1 aliphatic rings. The molecule has 1 amide bonds. The lowest BCUT2D eigenvalue weighted by atomic mass is 9.92. The molecule has 2 rings (SSSR count). The summed E-state index contributed by atoms with van der Waals surface area (Å²) in [4.78, 5) is 18.4. The Morgan fingerprint density at radius 2 is 1.89 bits per heavy atom. The van der Waals surface area contributed by atoms with Crippen molar-refractivity contribution in [2.75, 3.05) is 32.8 Å². The zero-order chi connectivity index (χ0) is 20.0. The van der Waals surface area contributed by atoms with E-state index in [4.69, 9.17) is 4.74 Å². The number of pyridine rings is 1. The van der Waals surface area contributed by atoms with Crippen molar-refractivity contribution in [2.24, 2.45) is 5.92 Å². The van der Waals surface area contributed by atoms with Crippen LogP contribution in [0.4, 0.5) is 13.2 Å². The summed E-state index contributed by atoms with van der Waals surface area (Å²) in [6, 6.07) is 2.22. The van der Waals surface area contributed by atoms with E-state index < -0.39 is 17.8 Å². The molecule has 5 nitrogen and oxygen atoms in total. The minimum atomic E-state index is -4.52. The van der Waals surface area contributed by atoms with Crippen molar-refractivity contribution >= 4 is 5.91 Å². The third-order valence-electron chi connectivity index (χ3n) is 5.20. The van der Waals surface area contributed by atoms with Gasteiger partial charge in [-0.1, -0.05) is 26.7 Å². The van der Waals surface area contributed by atoms with E-state index in [1.165, 1.54) is 13.0 Å². The number of hydrogen-bond donors (Lipinski definition) is 1. The van der Waals surface area contributed by atoms with E-state index in [1.54, 1.807) is 0 Å². The van der Waals surface area contributed by atoms with Crippen LogP contribution in [0, 0.1) is 12.8 Å². The molecule has 1 aromatic heterocycles. The number of morpholine rings is 1. The maximum atomic E-state index is 12.7. The number of alkyl halides is 3. The Morgan fingerprint density at radius 3 is 2.41 bits per heavy atom. The largest absolute Gasteiger partial charge is 0.433 e. The molecule has 0 spiro atoms. The molecule has 1 N–H and O–H groups in total. The predicted molar refractivity (Wildman–Crippen MR) is 96.6 cm³/mol. The Kier molecular flexibility index (Phi) is 7.61. The first-order valence-electron chi connectivity index (χ1n) is 9.42. The van der Waals surface area contributed by atoms with Crippen molar-refractivity contribution in [1.82, 2.24) is 15.2 Å². The van der Waals surface area contributed by atoms with E-state index in [1.807, 2.05) is 0 Å². The van der Waals surface area contributed by atoms with Crippen LogP contribution in [0.3, 0.4) is 0 Å². The van der Waals surface area contributed by atoms with Gasteiger partial charge in [-0.2, -0.15) is 13.2 Å².